The van der Waals surface area contributed by atoms with Gasteiger partial charge in [-0.1, -0.05) is 60.1 Å². The van der Waals surface area contributed by atoms with E-state index in [0.29, 0.717) is 24.6 Å². The number of carbonyl (C=O) groups is 2. The summed E-state index contributed by atoms with van der Waals surface area (Å²) in [6.07, 6.45) is 13.2. The maximum atomic E-state index is 10.9. The number of nitrogens with one attached hydrogen (secondary N) is 2. The number of ketones is 1. The van der Waals surface area contributed by atoms with Gasteiger partial charge in [-0.3, -0.25) is 9.48 Å². The third kappa shape index (κ3) is 13.3. The third-order valence-electron chi connectivity index (χ3n) is 5.56. The lowest BCUT2D eigenvalue weighted by Gasteiger charge is -2.11. The van der Waals surface area contributed by atoms with Gasteiger partial charge in [-0.2, -0.15) is 0 Å². The summed E-state index contributed by atoms with van der Waals surface area (Å²) in [4.78, 5) is 25.5. The minimum atomic E-state index is 0.121. The Morgan fingerprint density at radius 2 is 1.87 bits per heavy atom. The van der Waals surface area contributed by atoms with Gasteiger partial charge < -0.3 is 24.7 Å². The highest BCUT2D eigenvalue weighted by Gasteiger charge is 2.14. The molecule has 0 aliphatic heterocycles. The molecule has 0 aromatic carbocycles. The van der Waals surface area contributed by atoms with E-state index in [1.54, 1.807) is 18.0 Å². The predicted molar refractivity (Wildman–Crippen MR) is 161 cm³/mol. The average molecular weight is 533 g/mol. The van der Waals surface area contributed by atoms with Crippen LogP contribution < -0.4 is 15.4 Å². The third-order valence-corrected chi connectivity index (χ3v) is 5.56. The summed E-state index contributed by atoms with van der Waals surface area (Å²) in [5, 5.41) is 10.6. The van der Waals surface area contributed by atoms with Gasteiger partial charge in [0, 0.05) is 34.0 Å². The van der Waals surface area contributed by atoms with Crippen molar-refractivity contribution in [3.63, 3.8) is 0 Å². The van der Waals surface area contributed by atoms with E-state index in [-0.39, 0.29) is 5.78 Å². The summed E-state index contributed by atoms with van der Waals surface area (Å²) in [6, 6.07) is 0. The fourth-order valence-electron chi connectivity index (χ4n) is 3.52. The smallest absolute Gasteiger partial charge is 0.256 e. The molecule has 2 heterocycles. The molecule has 0 spiro atoms. The van der Waals surface area contributed by atoms with Gasteiger partial charge in [-0.25, -0.2) is 4.98 Å². The number of aldehydes is 1. The standard InChI is InChI=1S/C13H20N6O.C12H20O2.2C2H6/c1-6-9(12-15-7-11(14-2)19(12)4)16-10-8-18(3)17-13(10)20-5;1-3-11(8-6-10-13)7-5-9-12(14)4-2;2*1-2/h6-8,14,16H,1-5H3;4,10-11H,2-3,5-9H2,1H3;2*1-2H3/b9-6+;;;. The monoisotopic (exact) mass is 532 g/mol. The van der Waals surface area contributed by atoms with Crippen LogP contribution in [0.1, 0.15) is 85.9 Å². The van der Waals surface area contributed by atoms with Gasteiger partial charge in [0.1, 0.15) is 17.8 Å². The van der Waals surface area contributed by atoms with E-state index in [1.165, 1.54) is 6.08 Å². The molecule has 9 heteroatoms. The van der Waals surface area contributed by atoms with Crippen molar-refractivity contribution < 1.29 is 14.3 Å². The molecule has 0 saturated heterocycles. The molecule has 1 atom stereocenters. The summed E-state index contributed by atoms with van der Waals surface area (Å²) in [5.41, 5.74) is 1.69. The molecular formula is C29H52N6O3. The van der Waals surface area contributed by atoms with E-state index in [4.69, 9.17) is 4.74 Å². The van der Waals surface area contributed by atoms with E-state index >= 15 is 0 Å². The second-order valence-corrected chi connectivity index (χ2v) is 7.91. The quantitative estimate of drug-likeness (QED) is 0.207. The molecule has 0 bridgehead atoms. The molecule has 0 saturated carbocycles. The van der Waals surface area contributed by atoms with Crippen molar-refractivity contribution in [2.45, 2.75) is 80.1 Å². The Labute approximate surface area is 230 Å². The zero-order chi connectivity index (χ0) is 29.5. The van der Waals surface area contributed by atoms with Crippen LogP contribution in [0, 0.1) is 5.92 Å². The van der Waals surface area contributed by atoms with Gasteiger partial charge in [0.05, 0.1) is 25.2 Å². The minimum Gasteiger partial charge on any atom is -0.478 e. The van der Waals surface area contributed by atoms with Crippen LogP contribution in [0.5, 0.6) is 5.88 Å². The van der Waals surface area contributed by atoms with Crippen LogP contribution in [0.3, 0.4) is 0 Å². The number of aromatic nitrogens is 4. The van der Waals surface area contributed by atoms with Crippen molar-refractivity contribution in [3.05, 3.63) is 36.9 Å². The highest BCUT2D eigenvalue weighted by molar-refractivity contribution is 5.88. The molecule has 9 nitrogen and oxygen atoms in total. The van der Waals surface area contributed by atoms with Gasteiger partial charge in [-0.15, -0.1) is 5.10 Å². The maximum Gasteiger partial charge on any atom is 0.256 e. The minimum absolute atomic E-state index is 0.121. The van der Waals surface area contributed by atoms with Crippen LogP contribution in [-0.2, 0) is 23.7 Å². The Kier molecular flexibility index (Phi) is 22.1. The lowest BCUT2D eigenvalue weighted by Crippen LogP contribution is -2.07. The van der Waals surface area contributed by atoms with E-state index in [9.17, 15) is 9.59 Å². The number of hydrogen-bond donors (Lipinski definition) is 2. The molecule has 216 valence electrons. The number of carbonyl (C=O) groups excluding carboxylic acids is 2. The highest BCUT2D eigenvalue weighted by atomic mass is 16.5. The Balaban J connectivity index is 0. The first-order valence-electron chi connectivity index (χ1n) is 13.6. The summed E-state index contributed by atoms with van der Waals surface area (Å²) in [7, 11) is 7.28. The number of hydrogen-bond acceptors (Lipinski definition) is 7. The second kappa shape index (κ2) is 22.8. The normalized spacial score (nSPS) is 10.8. The number of allylic oxidation sites excluding steroid dienone is 2. The van der Waals surface area contributed by atoms with Crippen molar-refractivity contribution in [1.82, 2.24) is 19.3 Å². The Morgan fingerprint density at radius 1 is 1.21 bits per heavy atom. The van der Waals surface area contributed by atoms with Gasteiger partial charge in [0.25, 0.3) is 5.88 Å². The van der Waals surface area contributed by atoms with Crippen molar-refractivity contribution in [2.24, 2.45) is 20.0 Å². The molecule has 0 aliphatic carbocycles. The fourth-order valence-corrected chi connectivity index (χ4v) is 3.52. The maximum absolute atomic E-state index is 10.9. The largest absolute Gasteiger partial charge is 0.478 e. The van der Waals surface area contributed by atoms with Crippen LogP contribution in [0.15, 0.2) is 31.1 Å². The van der Waals surface area contributed by atoms with Gasteiger partial charge >= 0.3 is 0 Å². The molecular weight excluding hydrogens is 480 g/mol. The predicted octanol–water partition coefficient (Wildman–Crippen LogP) is 6.65. The van der Waals surface area contributed by atoms with Crippen molar-refractivity contribution in [1.29, 1.82) is 0 Å². The molecule has 2 aromatic rings. The van der Waals surface area contributed by atoms with Gasteiger partial charge in [-0.05, 0) is 31.8 Å². The first-order valence-corrected chi connectivity index (χ1v) is 13.6. The molecule has 2 N–H and O–H groups in total. The molecule has 0 fully saturated rings. The zero-order valence-corrected chi connectivity index (χ0v) is 25.4. The highest BCUT2D eigenvalue weighted by Crippen LogP contribution is 2.26. The summed E-state index contributed by atoms with van der Waals surface area (Å²) >= 11 is 0. The molecule has 2 aromatic heterocycles. The number of methoxy groups -OCH3 is 1. The van der Waals surface area contributed by atoms with Crippen LogP contribution in [-0.4, -0.2) is 45.6 Å². The number of imidazole rings is 1. The van der Waals surface area contributed by atoms with Crippen LogP contribution in [0.4, 0.5) is 11.5 Å². The Hall–Kier alpha value is -3.36. The number of anilines is 2. The first-order chi connectivity index (χ1) is 18.3. The molecule has 0 amide bonds. The van der Waals surface area contributed by atoms with Gasteiger partial charge in [0.2, 0.25) is 0 Å². The van der Waals surface area contributed by atoms with Gasteiger partial charge in [0.15, 0.2) is 11.6 Å². The van der Waals surface area contributed by atoms with Crippen molar-refractivity contribution in [3.8, 4) is 5.88 Å². The topological polar surface area (TPSA) is 103 Å². The molecule has 1 unspecified atom stereocenters. The molecule has 38 heavy (non-hydrogen) atoms. The Morgan fingerprint density at radius 3 is 2.34 bits per heavy atom. The lowest BCUT2D eigenvalue weighted by molar-refractivity contribution is -0.114. The number of ether oxygens (including phenoxy) is 1. The fraction of sp³-hybridized carbons (Fsp3) is 0.586. The zero-order valence-electron chi connectivity index (χ0n) is 25.4. The van der Waals surface area contributed by atoms with E-state index < -0.39 is 0 Å². The van der Waals surface area contributed by atoms with Crippen molar-refractivity contribution >= 4 is 29.3 Å². The summed E-state index contributed by atoms with van der Waals surface area (Å²) in [6.45, 7) is 15.5. The lowest BCUT2D eigenvalue weighted by atomic mass is 9.94. The van der Waals surface area contributed by atoms with E-state index in [0.717, 1.165) is 55.0 Å². The molecule has 0 aliphatic rings. The number of aryl methyl sites for hydroxylation is 1. The average Bonchev–Trinajstić information content (AvgIpc) is 3.52. The van der Waals surface area contributed by atoms with Crippen LogP contribution >= 0.6 is 0 Å². The number of rotatable bonds is 14. The van der Waals surface area contributed by atoms with Crippen LogP contribution in [0.25, 0.3) is 5.70 Å². The first kappa shape index (κ1) is 36.8. The SMILES string of the molecule is C/C=C(/Nc1cn(C)nc1OC)c1ncc(NC)n1C.C=CC(=O)CCCC(CC)CCC=O.CC.CC. The Bertz CT molecular complexity index is 946. The summed E-state index contributed by atoms with van der Waals surface area (Å²) in [5.74, 6) is 3.05. The van der Waals surface area contributed by atoms with E-state index in [1.807, 2.05) is 72.6 Å². The molecule has 0 radical (unpaired) electrons. The summed E-state index contributed by atoms with van der Waals surface area (Å²) < 4.78 is 8.92. The van der Waals surface area contributed by atoms with E-state index in [2.05, 4.69) is 34.2 Å². The molecule has 2 rings (SSSR count). The second-order valence-electron chi connectivity index (χ2n) is 7.91. The van der Waals surface area contributed by atoms with Crippen LogP contribution in [0.2, 0.25) is 0 Å². The number of nitrogens with zero attached hydrogens (tertiary/aromatic N) is 4. The van der Waals surface area contributed by atoms with Crippen molar-refractivity contribution in [2.75, 3.05) is 24.8 Å².